The molecule has 0 bridgehead atoms. The van der Waals surface area contributed by atoms with Crippen LogP contribution in [-0.4, -0.2) is 18.2 Å². The Morgan fingerprint density at radius 1 is 1.21 bits per heavy atom. The number of phosphoric acid groups is 1. The summed E-state index contributed by atoms with van der Waals surface area (Å²) < 4.78 is 27.7. The molecule has 1 heterocycles. The van der Waals surface area contributed by atoms with E-state index in [9.17, 15) is 4.57 Å². The summed E-state index contributed by atoms with van der Waals surface area (Å²) in [6.07, 6.45) is 0. The number of para-hydroxylation sites is 1. The van der Waals surface area contributed by atoms with Gasteiger partial charge in [0.25, 0.3) is 0 Å². The lowest BCUT2D eigenvalue weighted by molar-refractivity contribution is 0.166. The summed E-state index contributed by atoms with van der Waals surface area (Å²) in [6, 6.07) is 7.41. The average Bonchev–Trinajstić information content (AvgIpc) is 2.67. The number of hydrogen-bond acceptors (Lipinski definition) is 4. The molecule has 0 saturated carbocycles. The third-order valence-electron chi connectivity index (χ3n) is 2.39. The lowest BCUT2D eigenvalue weighted by Gasteiger charge is -2.16. The molecule has 0 saturated heterocycles. The maximum Gasteiger partial charge on any atom is 0.531 e. The molecule has 104 valence electrons. The Morgan fingerprint density at radius 2 is 1.84 bits per heavy atom. The van der Waals surface area contributed by atoms with Crippen molar-refractivity contribution in [3.63, 3.8) is 0 Å². The molecule has 0 aliphatic rings. The highest BCUT2D eigenvalue weighted by Gasteiger charge is 2.29. The molecule has 0 aliphatic heterocycles. The van der Waals surface area contributed by atoms with E-state index in [0.717, 1.165) is 10.9 Å². The number of rotatable bonds is 6. The molecule has 1 aromatic carbocycles. The lowest BCUT2D eigenvalue weighted by Crippen LogP contribution is -2.02. The van der Waals surface area contributed by atoms with Gasteiger partial charge in [-0.05, 0) is 19.9 Å². The van der Waals surface area contributed by atoms with E-state index in [4.69, 9.17) is 25.2 Å². The van der Waals surface area contributed by atoms with E-state index in [1.54, 1.807) is 13.8 Å². The SMILES string of the molecule is CCOP(=O)(OCC)Oc1[nH]c2ccccc2c1Cl. The van der Waals surface area contributed by atoms with E-state index in [-0.39, 0.29) is 19.1 Å². The molecule has 1 N–H and O–H groups in total. The first-order valence-corrected chi connectivity index (χ1v) is 7.78. The van der Waals surface area contributed by atoms with E-state index < -0.39 is 7.82 Å². The minimum Gasteiger partial charge on any atom is -0.386 e. The molecule has 0 aliphatic carbocycles. The molecule has 7 heteroatoms. The van der Waals surface area contributed by atoms with E-state index in [0.29, 0.717) is 5.02 Å². The number of aromatic nitrogens is 1. The predicted molar refractivity (Wildman–Crippen MR) is 74.8 cm³/mol. The normalized spacial score (nSPS) is 11.9. The van der Waals surface area contributed by atoms with Crippen LogP contribution in [0.2, 0.25) is 5.02 Å². The van der Waals surface area contributed by atoms with Crippen LogP contribution in [0.15, 0.2) is 24.3 Å². The fourth-order valence-corrected chi connectivity index (χ4v) is 3.14. The Bertz CT molecular complexity index is 603. The van der Waals surface area contributed by atoms with Crippen LogP contribution in [0.5, 0.6) is 5.88 Å². The van der Waals surface area contributed by atoms with Crippen LogP contribution < -0.4 is 4.52 Å². The van der Waals surface area contributed by atoms with Crippen molar-refractivity contribution < 1.29 is 18.1 Å². The maximum absolute atomic E-state index is 12.3. The van der Waals surface area contributed by atoms with E-state index in [1.165, 1.54) is 0 Å². The molecule has 2 aromatic rings. The fraction of sp³-hybridized carbons (Fsp3) is 0.333. The van der Waals surface area contributed by atoms with Gasteiger partial charge < -0.3 is 9.51 Å². The summed E-state index contributed by atoms with van der Waals surface area (Å²) >= 11 is 6.18. The van der Waals surface area contributed by atoms with Crippen molar-refractivity contribution >= 4 is 30.3 Å². The highest BCUT2D eigenvalue weighted by atomic mass is 35.5. The van der Waals surface area contributed by atoms with Gasteiger partial charge in [0.05, 0.1) is 13.2 Å². The number of nitrogens with one attached hydrogen (secondary N) is 1. The minimum absolute atomic E-state index is 0.188. The highest BCUT2D eigenvalue weighted by Crippen LogP contribution is 2.51. The molecule has 0 amide bonds. The van der Waals surface area contributed by atoms with Crippen molar-refractivity contribution in [2.24, 2.45) is 0 Å². The molecule has 0 spiro atoms. The van der Waals surface area contributed by atoms with Gasteiger partial charge in [0.15, 0.2) is 0 Å². The first-order chi connectivity index (χ1) is 9.09. The van der Waals surface area contributed by atoms with Gasteiger partial charge in [-0.2, -0.15) is 0 Å². The van der Waals surface area contributed by atoms with E-state index in [1.807, 2.05) is 24.3 Å². The first kappa shape index (κ1) is 14.4. The minimum atomic E-state index is -3.64. The van der Waals surface area contributed by atoms with Gasteiger partial charge >= 0.3 is 7.82 Å². The van der Waals surface area contributed by atoms with E-state index in [2.05, 4.69) is 4.98 Å². The van der Waals surface area contributed by atoms with Crippen molar-refractivity contribution in [2.45, 2.75) is 13.8 Å². The maximum atomic E-state index is 12.3. The fourth-order valence-electron chi connectivity index (χ4n) is 1.66. The van der Waals surface area contributed by atoms with Crippen LogP contribution in [0.4, 0.5) is 0 Å². The monoisotopic (exact) mass is 303 g/mol. The molecule has 0 atom stereocenters. The van der Waals surface area contributed by atoms with E-state index >= 15 is 0 Å². The second-order valence-corrected chi connectivity index (χ2v) is 5.66. The predicted octanol–water partition coefficient (Wildman–Crippen LogP) is 4.38. The zero-order chi connectivity index (χ0) is 13.9. The molecule has 0 radical (unpaired) electrons. The van der Waals surface area contributed by atoms with Gasteiger partial charge in [-0.1, -0.05) is 29.8 Å². The number of phosphoric ester groups is 1. The van der Waals surface area contributed by atoms with Crippen LogP contribution in [0, 0.1) is 0 Å². The zero-order valence-electron chi connectivity index (χ0n) is 10.7. The third-order valence-corrected chi connectivity index (χ3v) is 4.32. The van der Waals surface area contributed by atoms with Crippen molar-refractivity contribution in [1.29, 1.82) is 0 Å². The van der Waals surface area contributed by atoms with Crippen molar-refractivity contribution in [3.8, 4) is 5.88 Å². The van der Waals surface area contributed by atoms with Gasteiger partial charge in [0.1, 0.15) is 5.02 Å². The first-order valence-electron chi connectivity index (χ1n) is 5.94. The third kappa shape index (κ3) is 3.12. The van der Waals surface area contributed by atoms with Gasteiger partial charge in [-0.15, -0.1) is 0 Å². The van der Waals surface area contributed by atoms with Crippen LogP contribution >= 0.6 is 19.4 Å². The van der Waals surface area contributed by atoms with Crippen molar-refractivity contribution in [3.05, 3.63) is 29.3 Å². The van der Waals surface area contributed by atoms with Gasteiger partial charge in [0.2, 0.25) is 5.88 Å². The van der Waals surface area contributed by atoms with Gasteiger partial charge in [-0.3, -0.25) is 9.05 Å². The second kappa shape index (κ2) is 5.97. The Kier molecular flexibility index (Phi) is 4.53. The van der Waals surface area contributed by atoms with Crippen molar-refractivity contribution in [2.75, 3.05) is 13.2 Å². The molecular formula is C12H15ClNO4P. The number of H-pyrrole nitrogens is 1. The quantitative estimate of drug-likeness (QED) is 0.804. The summed E-state index contributed by atoms with van der Waals surface area (Å²) in [5.41, 5.74) is 0.794. The highest BCUT2D eigenvalue weighted by molar-refractivity contribution is 7.48. The summed E-state index contributed by atoms with van der Waals surface area (Å²) in [5, 5.41) is 1.15. The molecule has 2 rings (SSSR count). The second-order valence-electron chi connectivity index (χ2n) is 3.69. The summed E-state index contributed by atoms with van der Waals surface area (Å²) in [4.78, 5) is 2.95. The average molecular weight is 304 g/mol. The Hall–Kier alpha value is -1.00. The summed E-state index contributed by atoms with van der Waals surface area (Å²) in [7, 11) is -3.64. The number of aromatic amines is 1. The molecule has 19 heavy (non-hydrogen) atoms. The van der Waals surface area contributed by atoms with Crippen LogP contribution in [0.1, 0.15) is 13.8 Å². The Morgan fingerprint density at radius 3 is 2.42 bits per heavy atom. The van der Waals surface area contributed by atoms with Crippen molar-refractivity contribution in [1.82, 2.24) is 4.98 Å². The molecule has 1 aromatic heterocycles. The van der Waals surface area contributed by atoms with Gasteiger partial charge in [0, 0.05) is 10.9 Å². The Balaban J connectivity index is 2.34. The summed E-state index contributed by atoms with van der Waals surface area (Å²) in [6.45, 7) is 3.86. The number of benzene rings is 1. The largest absolute Gasteiger partial charge is 0.531 e. The van der Waals surface area contributed by atoms with Crippen LogP contribution in [0.3, 0.4) is 0 Å². The number of hydrogen-bond donors (Lipinski definition) is 1. The van der Waals surface area contributed by atoms with Crippen LogP contribution in [-0.2, 0) is 13.6 Å². The van der Waals surface area contributed by atoms with Crippen LogP contribution in [0.25, 0.3) is 10.9 Å². The number of halogens is 1. The van der Waals surface area contributed by atoms with Gasteiger partial charge in [-0.25, -0.2) is 4.57 Å². The lowest BCUT2D eigenvalue weighted by atomic mass is 10.2. The molecule has 0 fully saturated rings. The number of fused-ring (bicyclic) bond motifs is 1. The standard InChI is InChI=1S/C12H15ClNO4P/c1-3-16-19(15,17-4-2)18-12-11(13)9-7-5-6-8-10(9)14-12/h5-8,14H,3-4H2,1-2H3. The topological polar surface area (TPSA) is 60.6 Å². The Labute approximate surface area is 116 Å². The molecule has 5 nitrogen and oxygen atoms in total. The molecular weight excluding hydrogens is 289 g/mol. The molecule has 0 unspecified atom stereocenters. The summed E-state index contributed by atoms with van der Waals surface area (Å²) in [5.74, 6) is 0.188. The smallest absolute Gasteiger partial charge is 0.386 e. The zero-order valence-corrected chi connectivity index (χ0v) is 12.3.